The standard InChI is InChI=1S/C15H20N2O3S/c16-10-3-6-13-5-1-2-8-15(13)21(18,19)17-11-9-14-7-4-12-20-14/h1-2,5,8,14,17H,4,7,9-12,16H2. The van der Waals surface area contributed by atoms with Crippen molar-refractivity contribution in [2.24, 2.45) is 5.73 Å². The van der Waals surface area contributed by atoms with Crippen molar-refractivity contribution in [2.75, 3.05) is 19.7 Å². The van der Waals surface area contributed by atoms with E-state index in [2.05, 4.69) is 16.6 Å². The van der Waals surface area contributed by atoms with E-state index in [4.69, 9.17) is 10.5 Å². The molecular formula is C15H20N2O3S. The summed E-state index contributed by atoms with van der Waals surface area (Å²) < 4.78 is 32.8. The number of nitrogens with one attached hydrogen (secondary N) is 1. The van der Waals surface area contributed by atoms with Gasteiger partial charge in [-0.25, -0.2) is 13.1 Å². The van der Waals surface area contributed by atoms with E-state index in [1.54, 1.807) is 24.3 Å². The van der Waals surface area contributed by atoms with E-state index in [1.165, 1.54) is 0 Å². The molecule has 0 bridgehead atoms. The Bertz CT molecular complexity index is 626. The molecule has 0 amide bonds. The molecule has 1 heterocycles. The molecule has 0 aromatic heterocycles. The first-order valence-electron chi connectivity index (χ1n) is 7.03. The van der Waals surface area contributed by atoms with Gasteiger partial charge in [0.2, 0.25) is 10.0 Å². The maximum Gasteiger partial charge on any atom is 0.241 e. The summed E-state index contributed by atoms with van der Waals surface area (Å²) in [6.45, 7) is 1.33. The average Bonchev–Trinajstić information content (AvgIpc) is 2.98. The Kier molecular flexibility index (Phi) is 5.76. The van der Waals surface area contributed by atoms with E-state index < -0.39 is 10.0 Å². The van der Waals surface area contributed by atoms with Gasteiger partial charge in [-0.3, -0.25) is 0 Å². The predicted molar refractivity (Wildman–Crippen MR) is 81.2 cm³/mol. The van der Waals surface area contributed by atoms with E-state index in [9.17, 15) is 8.42 Å². The van der Waals surface area contributed by atoms with E-state index in [0.717, 1.165) is 19.4 Å². The molecule has 1 atom stereocenters. The fourth-order valence-electron chi connectivity index (χ4n) is 2.25. The van der Waals surface area contributed by atoms with Crippen molar-refractivity contribution in [1.29, 1.82) is 0 Å². The monoisotopic (exact) mass is 308 g/mol. The fraction of sp³-hybridized carbons (Fsp3) is 0.467. The van der Waals surface area contributed by atoms with Crippen molar-refractivity contribution in [3.05, 3.63) is 29.8 Å². The Hall–Kier alpha value is -1.39. The van der Waals surface area contributed by atoms with Crippen LogP contribution in [0.1, 0.15) is 24.8 Å². The zero-order chi connectivity index (χ0) is 15.1. The second kappa shape index (κ2) is 7.57. The molecule has 3 N–H and O–H groups in total. The van der Waals surface area contributed by atoms with Crippen LogP contribution >= 0.6 is 0 Å². The first-order chi connectivity index (χ1) is 10.1. The van der Waals surface area contributed by atoms with Crippen molar-refractivity contribution in [3.8, 4) is 11.8 Å². The topological polar surface area (TPSA) is 81.4 Å². The Morgan fingerprint density at radius 2 is 2.19 bits per heavy atom. The predicted octanol–water partition coefficient (Wildman–Crippen LogP) is 0.844. The fourth-order valence-corrected chi connectivity index (χ4v) is 3.46. The molecule has 0 aliphatic carbocycles. The Morgan fingerprint density at radius 1 is 1.38 bits per heavy atom. The molecule has 1 aliphatic heterocycles. The summed E-state index contributed by atoms with van der Waals surface area (Å²) in [5.74, 6) is 5.48. The largest absolute Gasteiger partial charge is 0.378 e. The zero-order valence-corrected chi connectivity index (χ0v) is 12.7. The van der Waals surface area contributed by atoms with Gasteiger partial charge >= 0.3 is 0 Å². The molecule has 5 nitrogen and oxygen atoms in total. The van der Waals surface area contributed by atoms with Gasteiger partial charge in [0.05, 0.1) is 17.5 Å². The van der Waals surface area contributed by atoms with E-state index in [1.807, 2.05) is 0 Å². The molecule has 21 heavy (non-hydrogen) atoms. The molecular weight excluding hydrogens is 288 g/mol. The maximum atomic E-state index is 12.3. The van der Waals surface area contributed by atoms with Gasteiger partial charge in [-0.1, -0.05) is 24.0 Å². The lowest BCUT2D eigenvalue weighted by molar-refractivity contribution is 0.105. The molecule has 0 saturated carbocycles. The Morgan fingerprint density at radius 3 is 2.90 bits per heavy atom. The molecule has 6 heteroatoms. The quantitative estimate of drug-likeness (QED) is 0.790. The van der Waals surface area contributed by atoms with Crippen LogP contribution in [0.25, 0.3) is 0 Å². The molecule has 1 aromatic carbocycles. The highest BCUT2D eigenvalue weighted by Crippen LogP contribution is 2.16. The van der Waals surface area contributed by atoms with Crippen LogP contribution in [0.3, 0.4) is 0 Å². The van der Waals surface area contributed by atoms with Gasteiger partial charge in [0.1, 0.15) is 0 Å². The second-order valence-electron chi connectivity index (χ2n) is 4.82. The van der Waals surface area contributed by atoms with Crippen LogP contribution < -0.4 is 10.5 Å². The lowest BCUT2D eigenvalue weighted by Gasteiger charge is -2.11. The first-order valence-corrected chi connectivity index (χ1v) is 8.51. The van der Waals surface area contributed by atoms with Crippen LogP contribution in [0.15, 0.2) is 29.2 Å². The van der Waals surface area contributed by atoms with Crippen LogP contribution in [0.2, 0.25) is 0 Å². The third kappa shape index (κ3) is 4.55. The van der Waals surface area contributed by atoms with Crippen molar-refractivity contribution >= 4 is 10.0 Å². The molecule has 0 spiro atoms. The molecule has 2 rings (SSSR count). The highest BCUT2D eigenvalue weighted by Gasteiger charge is 2.19. The van der Waals surface area contributed by atoms with E-state index >= 15 is 0 Å². The third-order valence-electron chi connectivity index (χ3n) is 3.28. The summed E-state index contributed by atoms with van der Waals surface area (Å²) in [5, 5.41) is 0. The second-order valence-corrected chi connectivity index (χ2v) is 6.56. The van der Waals surface area contributed by atoms with Gasteiger partial charge in [0.25, 0.3) is 0 Å². The smallest absolute Gasteiger partial charge is 0.241 e. The van der Waals surface area contributed by atoms with Crippen LogP contribution in [0.5, 0.6) is 0 Å². The lowest BCUT2D eigenvalue weighted by atomic mass is 10.2. The number of nitrogens with two attached hydrogens (primary N) is 1. The zero-order valence-electron chi connectivity index (χ0n) is 11.8. The van der Waals surface area contributed by atoms with Crippen molar-refractivity contribution in [1.82, 2.24) is 4.72 Å². The minimum absolute atomic E-state index is 0.167. The summed E-state index contributed by atoms with van der Waals surface area (Å²) in [5.41, 5.74) is 5.80. The van der Waals surface area contributed by atoms with Gasteiger partial charge in [0, 0.05) is 18.7 Å². The molecule has 1 saturated heterocycles. The van der Waals surface area contributed by atoms with Crippen molar-refractivity contribution in [3.63, 3.8) is 0 Å². The summed E-state index contributed by atoms with van der Waals surface area (Å²) in [6.07, 6.45) is 2.91. The normalized spacial score (nSPS) is 18.2. The average molecular weight is 308 g/mol. The van der Waals surface area contributed by atoms with Gasteiger partial charge in [-0.05, 0) is 31.4 Å². The number of hydrogen-bond donors (Lipinski definition) is 2. The number of ether oxygens (including phenoxy) is 1. The van der Waals surface area contributed by atoms with Crippen molar-refractivity contribution in [2.45, 2.75) is 30.3 Å². The number of rotatable bonds is 5. The van der Waals surface area contributed by atoms with Gasteiger partial charge < -0.3 is 10.5 Å². The summed E-state index contributed by atoms with van der Waals surface area (Å²) in [7, 11) is -3.56. The summed E-state index contributed by atoms with van der Waals surface area (Å²) >= 11 is 0. The lowest BCUT2D eigenvalue weighted by Crippen LogP contribution is -2.27. The highest BCUT2D eigenvalue weighted by molar-refractivity contribution is 7.89. The number of benzene rings is 1. The van der Waals surface area contributed by atoms with Crippen LogP contribution in [-0.2, 0) is 14.8 Å². The van der Waals surface area contributed by atoms with Crippen LogP contribution in [0.4, 0.5) is 0 Å². The highest BCUT2D eigenvalue weighted by atomic mass is 32.2. The van der Waals surface area contributed by atoms with Gasteiger partial charge in [-0.2, -0.15) is 0 Å². The molecule has 114 valence electrons. The van der Waals surface area contributed by atoms with Crippen LogP contribution in [-0.4, -0.2) is 34.2 Å². The van der Waals surface area contributed by atoms with E-state index in [0.29, 0.717) is 18.5 Å². The molecule has 0 radical (unpaired) electrons. The SMILES string of the molecule is NCC#Cc1ccccc1S(=O)(=O)NCCC1CCCO1. The number of hydrogen-bond acceptors (Lipinski definition) is 4. The number of sulfonamides is 1. The van der Waals surface area contributed by atoms with Crippen molar-refractivity contribution < 1.29 is 13.2 Å². The van der Waals surface area contributed by atoms with E-state index in [-0.39, 0.29) is 17.5 Å². The van der Waals surface area contributed by atoms with Crippen LogP contribution in [0, 0.1) is 11.8 Å². The molecule has 1 aliphatic rings. The molecule has 1 aromatic rings. The minimum Gasteiger partial charge on any atom is -0.378 e. The maximum absolute atomic E-state index is 12.3. The Labute approximate surface area is 125 Å². The van der Waals surface area contributed by atoms with Gasteiger partial charge in [-0.15, -0.1) is 0 Å². The summed E-state index contributed by atoms with van der Waals surface area (Å²) in [4.78, 5) is 0.193. The summed E-state index contributed by atoms with van der Waals surface area (Å²) in [6, 6.07) is 6.67. The molecule has 1 unspecified atom stereocenters. The Balaban J connectivity index is 2.04. The first kappa shape index (κ1) is 16.0. The third-order valence-corrected chi connectivity index (χ3v) is 4.80. The minimum atomic E-state index is -3.56. The molecule has 1 fully saturated rings. The van der Waals surface area contributed by atoms with Gasteiger partial charge in [0.15, 0.2) is 0 Å².